The number of nitrogens with zero attached hydrogens (tertiary/aromatic N) is 1. The van der Waals surface area contributed by atoms with Crippen molar-refractivity contribution in [2.45, 2.75) is 25.0 Å². The monoisotopic (exact) mass is 308 g/mol. The van der Waals surface area contributed by atoms with Gasteiger partial charge >= 0.3 is 0 Å². The minimum Gasteiger partial charge on any atom is -0.338 e. The van der Waals surface area contributed by atoms with Gasteiger partial charge in [-0.15, -0.1) is 11.3 Å². The summed E-state index contributed by atoms with van der Waals surface area (Å²) in [4.78, 5) is 15.4. The molecule has 20 heavy (non-hydrogen) atoms. The highest BCUT2D eigenvalue weighted by molar-refractivity contribution is 8.00. The maximum Gasteiger partial charge on any atom is 0.254 e. The topological polar surface area (TPSA) is 46.3 Å². The summed E-state index contributed by atoms with van der Waals surface area (Å²) in [5.74, 6) is 6.92. The first-order chi connectivity index (χ1) is 9.52. The molecule has 5 heteroatoms. The normalized spacial score (nSPS) is 18.1. The number of amides is 1. The molecule has 108 valence electrons. The van der Waals surface area contributed by atoms with Gasteiger partial charge in [-0.2, -0.15) is 11.8 Å². The van der Waals surface area contributed by atoms with E-state index in [0.29, 0.717) is 6.54 Å². The zero-order valence-electron chi connectivity index (χ0n) is 11.9. The van der Waals surface area contributed by atoms with Crippen LogP contribution in [-0.4, -0.2) is 40.9 Å². The van der Waals surface area contributed by atoms with Crippen LogP contribution in [0.1, 0.15) is 35.5 Å². The molecule has 0 radical (unpaired) electrons. The van der Waals surface area contributed by atoms with Crippen molar-refractivity contribution in [3.8, 4) is 11.8 Å². The lowest BCUT2D eigenvalue weighted by Gasteiger charge is -2.22. The van der Waals surface area contributed by atoms with E-state index >= 15 is 0 Å². The van der Waals surface area contributed by atoms with Crippen LogP contribution in [0.15, 0.2) is 11.4 Å². The molecular formula is C15H20N2OS2. The van der Waals surface area contributed by atoms with Gasteiger partial charge in [-0.3, -0.25) is 4.79 Å². The van der Waals surface area contributed by atoms with Gasteiger partial charge in [0.05, 0.1) is 17.0 Å². The van der Waals surface area contributed by atoms with Gasteiger partial charge in [-0.25, -0.2) is 0 Å². The van der Waals surface area contributed by atoms with Crippen LogP contribution in [0, 0.1) is 11.8 Å². The van der Waals surface area contributed by atoms with Crippen molar-refractivity contribution in [2.24, 2.45) is 5.73 Å². The molecule has 2 heterocycles. The SMILES string of the molecule is CC1(C)CCN(C(=O)c2csc(C#CCN)c2)CCS1. The number of hydrogen-bond acceptors (Lipinski definition) is 4. The summed E-state index contributed by atoms with van der Waals surface area (Å²) in [5, 5.41) is 1.89. The van der Waals surface area contributed by atoms with E-state index in [0.717, 1.165) is 35.7 Å². The van der Waals surface area contributed by atoms with Crippen molar-refractivity contribution in [3.63, 3.8) is 0 Å². The van der Waals surface area contributed by atoms with Gasteiger partial charge in [0.25, 0.3) is 5.91 Å². The average molecular weight is 308 g/mol. The maximum atomic E-state index is 12.5. The standard InChI is InChI=1S/C15H20N2OS2/c1-15(2)5-7-17(8-9-20-15)14(18)12-10-13(19-11-12)4-3-6-16/h10-11H,5-9,16H2,1-2H3. The lowest BCUT2D eigenvalue weighted by Crippen LogP contribution is -2.33. The predicted octanol–water partition coefficient (Wildman–Crippen LogP) is 2.42. The Morgan fingerprint density at radius 2 is 2.30 bits per heavy atom. The van der Waals surface area contributed by atoms with Gasteiger partial charge in [-0.1, -0.05) is 25.7 Å². The van der Waals surface area contributed by atoms with E-state index < -0.39 is 0 Å². The molecule has 0 bridgehead atoms. The third-order valence-corrected chi connectivity index (χ3v) is 5.50. The third-order valence-electron chi connectivity index (χ3n) is 3.29. The lowest BCUT2D eigenvalue weighted by molar-refractivity contribution is 0.0765. The Labute approximate surface area is 128 Å². The molecule has 2 rings (SSSR count). The smallest absolute Gasteiger partial charge is 0.254 e. The lowest BCUT2D eigenvalue weighted by atomic mass is 10.1. The molecule has 0 spiro atoms. The molecule has 1 saturated heterocycles. The summed E-state index contributed by atoms with van der Waals surface area (Å²) in [7, 11) is 0. The van der Waals surface area contributed by atoms with E-state index in [1.165, 1.54) is 11.3 Å². The minimum absolute atomic E-state index is 0.125. The molecule has 0 aromatic carbocycles. The summed E-state index contributed by atoms with van der Waals surface area (Å²) in [5.41, 5.74) is 6.11. The second-order valence-electron chi connectivity index (χ2n) is 5.36. The molecular weight excluding hydrogens is 288 g/mol. The highest BCUT2D eigenvalue weighted by Crippen LogP contribution is 2.31. The Hall–Kier alpha value is -0.960. The van der Waals surface area contributed by atoms with Gasteiger partial charge in [-0.05, 0) is 12.5 Å². The van der Waals surface area contributed by atoms with Crippen LogP contribution in [0.25, 0.3) is 0 Å². The Kier molecular flexibility index (Phi) is 5.14. The van der Waals surface area contributed by atoms with E-state index in [2.05, 4.69) is 25.7 Å². The molecule has 1 aliphatic rings. The van der Waals surface area contributed by atoms with Crippen LogP contribution in [-0.2, 0) is 0 Å². The summed E-state index contributed by atoms with van der Waals surface area (Å²) in [6, 6.07) is 1.87. The molecule has 0 aliphatic carbocycles. The second-order valence-corrected chi connectivity index (χ2v) is 8.07. The molecule has 0 atom stereocenters. The van der Waals surface area contributed by atoms with Gasteiger partial charge in [0.15, 0.2) is 0 Å². The van der Waals surface area contributed by atoms with Gasteiger partial charge < -0.3 is 10.6 Å². The fourth-order valence-electron chi connectivity index (χ4n) is 2.06. The molecule has 3 nitrogen and oxygen atoms in total. The summed E-state index contributed by atoms with van der Waals surface area (Å²) < 4.78 is 0.265. The average Bonchev–Trinajstić information content (AvgIpc) is 2.80. The molecule has 1 amide bonds. The van der Waals surface area contributed by atoms with Crippen LogP contribution >= 0.6 is 23.1 Å². The van der Waals surface area contributed by atoms with E-state index in [1.807, 2.05) is 28.1 Å². The van der Waals surface area contributed by atoms with Crippen LogP contribution in [0.5, 0.6) is 0 Å². The molecule has 0 unspecified atom stereocenters. The Balaban J connectivity index is 2.05. The van der Waals surface area contributed by atoms with Crippen LogP contribution in [0.3, 0.4) is 0 Å². The van der Waals surface area contributed by atoms with Crippen molar-refractivity contribution in [1.82, 2.24) is 4.90 Å². The highest BCUT2D eigenvalue weighted by atomic mass is 32.2. The first-order valence-electron chi connectivity index (χ1n) is 6.72. The van der Waals surface area contributed by atoms with Crippen molar-refractivity contribution in [3.05, 3.63) is 21.9 Å². The molecule has 1 fully saturated rings. The van der Waals surface area contributed by atoms with Crippen LogP contribution in [0.4, 0.5) is 0 Å². The number of hydrogen-bond donors (Lipinski definition) is 1. The van der Waals surface area contributed by atoms with Gasteiger partial charge in [0.2, 0.25) is 0 Å². The summed E-state index contributed by atoms with van der Waals surface area (Å²) >= 11 is 3.45. The Bertz CT molecular complexity index is 540. The quantitative estimate of drug-likeness (QED) is 0.811. The van der Waals surface area contributed by atoms with E-state index in [1.54, 1.807) is 0 Å². The number of carbonyl (C=O) groups is 1. The molecule has 1 aromatic heterocycles. The first-order valence-corrected chi connectivity index (χ1v) is 8.59. The number of rotatable bonds is 1. The second kappa shape index (κ2) is 6.66. The molecule has 1 aliphatic heterocycles. The van der Waals surface area contributed by atoms with Gasteiger partial charge in [0, 0.05) is 29.0 Å². The fourth-order valence-corrected chi connectivity index (χ4v) is 3.91. The van der Waals surface area contributed by atoms with Crippen LogP contribution in [0.2, 0.25) is 0 Å². The van der Waals surface area contributed by atoms with E-state index in [4.69, 9.17) is 5.73 Å². The largest absolute Gasteiger partial charge is 0.338 e. The zero-order chi connectivity index (χ0) is 14.6. The third kappa shape index (κ3) is 4.02. The van der Waals surface area contributed by atoms with Crippen molar-refractivity contribution in [1.29, 1.82) is 0 Å². The molecule has 0 saturated carbocycles. The fraction of sp³-hybridized carbons (Fsp3) is 0.533. The zero-order valence-corrected chi connectivity index (χ0v) is 13.6. The maximum absolute atomic E-state index is 12.5. The highest BCUT2D eigenvalue weighted by Gasteiger charge is 2.26. The minimum atomic E-state index is 0.125. The number of nitrogens with two attached hydrogens (primary N) is 1. The molecule has 2 N–H and O–H groups in total. The van der Waals surface area contributed by atoms with Crippen molar-refractivity contribution < 1.29 is 4.79 Å². The predicted molar refractivity (Wildman–Crippen MR) is 87.3 cm³/mol. The van der Waals surface area contributed by atoms with Gasteiger partial charge in [0.1, 0.15) is 0 Å². The van der Waals surface area contributed by atoms with Crippen molar-refractivity contribution >= 4 is 29.0 Å². The summed E-state index contributed by atoms with van der Waals surface area (Å²) in [6.07, 6.45) is 1.04. The van der Waals surface area contributed by atoms with Crippen molar-refractivity contribution in [2.75, 3.05) is 25.4 Å². The number of carbonyl (C=O) groups excluding carboxylic acids is 1. The number of thiophene rings is 1. The molecule has 1 aromatic rings. The van der Waals surface area contributed by atoms with E-state index in [9.17, 15) is 4.79 Å². The Morgan fingerprint density at radius 3 is 3.05 bits per heavy atom. The first kappa shape index (κ1) is 15.4. The Morgan fingerprint density at radius 1 is 1.50 bits per heavy atom. The van der Waals surface area contributed by atoms with Crippen LogP contribution < -0.4 is 5.73 Å². The number of thioether (sulfide) groups is 1. The van der Waals surface area contributed by atoms with E-state index in [-0.39, 0.29) is 10.7 Å². The summed E-state index contributed by atoms with van der Waals surface area (Å²) in [6.45, 7) is 6.50.